The SMILES string of the molecule is CC(C)(C)c1ncc(C(=O)C(=O)O)cn1. The van der Waals surface area contributed by atoms with Gasteiger partial charge in [0.25, 0.3) is 5.78 Å². The van der Waals surface area contributed by atoms with Crippen molar-refractivity contribution in [2.75, 3.05) is 0 Å². The average Bonchev–Trinajstić information content (AvgIpc) is 2.15. The highest BCUT2D eigenvalue weighted by molar-refractivity contribution is 6.39. The molecule has 5 nitrogen and oxygen atoms in total. The molecule has 1 N–H and O–H groups in total. The van der Waals surface area contributed by atoms with Gasteiger partial charge in [0.15, 0.2) is 0 Å². The molecule has 0 atom stereocenters. The van der Waals surface area contributed by atoms with Crippen molar-refractivity contribution in [1.82, 2.24) is 9.97 Å². The maximum atomic E-state index is 11.0. The molecule has 0 amide bonds. The van der Waals surface area contributed by atoms with E-state index in [2.05, 4.69) is 9.97 Å². The Kier molecular flexibility index (Phi) is 2.83. The van der Waals surface area contributed by atoms with Crippen LogP contribution in [0.1, 0.15) is 37.0 Å². The summed E-state index contributed by atoms with van der Waals surface area (Å²) in [5.74, 6) is -1.91. The van der Waals surface area contributed by atoms with Crippen molar-refractivity contribution in [3.8, 4) is 0 Å². The standard InChI is InChI=1S/C10H12N2O3/c1-10(2,3)9-11-4-6(5-12-9)7(13)8(14)15/h4-5H,1-3H3,(H,14,15). The van der Waals surface area contributed by atoms with Crippen molar-refractivity contribution in [2.24, 2.45) is 0 Å². The quantitative estimate of drug-likeness (QED) is 0.580. The van der Waals surface area contributed by atoms with Crippen molar-refractivity contribution >= 4 is 11.8 Å². The summed E-state index contributed by atoms with van der Waals surface area (Å²) < 4.78 is 0. The molecule has 5 heteroatoms. The third-order valence-corrected chi connectivity index (χ3v) is 1.78. The molecule has 0 aromatic carbocycles. The molecule has 0 saturated carbocycles. The van der Waals surface area contributed by atoms with Crippen LogP contribution in [0.15, 0.2) is 12.4 Å². The Hall–Kier alpha value is -1.78. The fourth-order valence-corrected chi connectivity index (χ4v) is 0.956. The van der Waals surface area contributed by atoms with Crippen LogP contribution >= 0.6 is 0 Å². The molecular formula is C10H12N2O3. The van der Waals surface area contributed by atoms with Crippen LogP contribution in [0, 0.1) is 0 Å². The molecule has 0 spiro atoms. The minimum atomic E-state index is -1.50. The number of aliphatic carboxylic acids is 1. The van der Waals surface area contributed by atoms with E-state index in [1.165, 1.54) is 12.4 Å². The van der Waals surface area contributed by atoms with Crippen LogP contribution < -0.4 is 0 Å². The first-order valence-electron chi connectivity index (χ1n) is 4.42. The van der Waals surface area contributed by atoms with Crippen LogP contribution in [-0.4, -0.2) is 26.8 Å². The zero-order valence-electron chi connectivity index (χ0n) is 8.81. The topological polar surface area (TPSA) is 80.2 Å². The lowest BCUT2D eigenvalue weighted by molar-refractivity contribution is -0.131. The van der Waals surface area contributed by atoms with Gasteiger partial charge in [-0.05, 0) is 0 Å². The Labute approximate surface area is 87.2 Å². The number of nitrogens with zero attached hydrogens (tertiary/aromatic N) is 2. The summed E-state index contributed by atoms with van der Waals surface area (Å²) in [6.45, 7) is 5.79. The van der Waals surface area contributed by atoms with E-state index in [0.29, 0.717) is 5.82 Å². The second-order valence-corrected chi connectivity index (χ2v) is 4.18. The number of hydrogen-bond acceptors (Lipinski definition) is 4. The van der Waals surface area contributed by atoms with Gasteiger partial charge in [-0.25, -0.2) is 14.8 Å². The number of carbonyl (C=O) groups excluding carboxylic acids is 1. The van der Waals surface area contributed by atoms with Crippen LogP contribution in [0.5, 0.6) is 0 Å². The van der Waals surface area contributed by atoms with Gasteiger partial charge >= 0.3 is 5.97 Å². The normalized spacial score (nSPS) is 11.1. The molecule has 0 radical (unpaired) electrons. The van der Waals surface area contributed by atoms with Gasteiger partial charge in [-0.3, -0.25) is 4.79 Å². The predicted molar refractivity (Wildman–Crippen MR) is 52.7 cm³/mol. The van der Waals surface area contributed by atoms with Gasteiger partial charge in [0, 0.05) is 17.8 Å². The number of rotatable bonds is 2. The van der Waals surface area contributed by atoms with E-state index in [4.69, 9.17) is 5.11 Å². The third kappa shape index (κ3) is 2.59. The molecule has 1 rings (SSSR count). The van der Waals surface area contributed by atoms with Gasteiger partial charge in [-0.2, -0.15) is 0 Å². The van der Waals surface area contributed by atoms with Gasteiger partial charge in [0.2, 0.25) is 0 Å². The molecule has 0 saturated heterocycles. The minimum Gasteiger partial charge on any atom is -0.475 e. The smallest absolute Gasteiger partial charge is 0.377 e. The van der Waals surface area contributed by atoms with Crippen LogP contribution in [0.3, 0.4) is 0 Å². The number of ketones is 1. The van der Waals surface area contributed by atoms with Crippen molar-refractivity contribution in [3.05, 3.63) is 23.8 Å². The number of Topliss-reactive ketones (excluding diaryl/α,β-unsaturated/α-hetero) is 1. The van der Waals surface area contributed by atoms with E-state index in [-0.39, 0.29) is 11.0 Å². The van der Waals surface area contributed by atoms with Gasteiger partial charge in [-0.1, -0.05) is 20.8 Å². The highest BCUT2D eigenvalue weighted by atomic mass is 16.4. The molecule has 0 bridgehead atoms. The highest BCUT2D eigenvalue weighted by Gasteiger charge is 2.19. The second kappa shape index (κ2) is 3.76. The molecule has 80 valence electrons. The van der Waals surface area contributed by atoms with E-state index in [9.17, 15) is 9.59 Å². The van der Waals surface area contributed by atoms with Gasteiger partial charge < -0.3 is 5.11 Å². The molecule has 1 aromatic heterocycles. The summed E-state index contributed by atoms with van der Waals surface area (Å²) in [4.78, 5) is 29.3. The lowest BCUT2D eigenvalue weighted by Crippen LogP contribution is -2.18. The molecule has 1 aromatic rings. The first-order valence-corrected chi connectivity index (χ1v) is 4.42. The van der Waals surface area contributed by atoms with Crippen LogP contribution in [0.4, 0.5) is 0 Å². The lowest BCUT2D eigenvalue weighted by Gasteiger charge is -2.15. The fraction of sp³-hybridized carbons (Fsp3) is 0.400. The summed E-state index contributed by atoms with van der Waals surface area (Å²) >= 11 is 0. The molecule has 15 heavy (non-hydrogen) atoms. The van der Waals surface area contributed by atoms with Crippen LogP contribution in [0.2, 0.25) is 0 Å². The van der Waals surface area contributed by atoms with Crippen molar-refractivity contribution in [1.29, 1.82) is 0 Å². The maximum Gasteiger partial charge on any atom is 0.377 e. The minimum absolute atomic E-state index is 0.00417. The summed E-state index contributed by atoms with van der Waals surface area (Å²) in [5, 5.41) is 8.46. The molecule has 0 aliphatic heterocycles. The molecule has 1 heterocycles. The maximum absolute atomic E-state index is 11.0. The van der Waals surface area contributed by atoms with Crippen molar-refractivity contribution in [2.45, 2.75) is 26.2 Å². The Morgan fingerprint density at radius 1 is 1.20 bits per heavy atom. The number of aromatic nitrogens is 2. The first kappa shape index (κ1) is 11.3. The van der Waals surface area contributed by atoms with Gasteiger partial charge in [-0.15, -0.1) is 0 Å². The van der Waals surface area contributed by atoms with E-state index < -0.39 is 11.8 Å². The van der Waals surface area contributed by atoms with Crippen molar-refractivity contribution < 1.29 is 14.7 Å². The summed E-state index contributed by atoms with van der Waals surface area (Å²) in [7, 11) is 0. The Morgan fingerprint density at radius 2 is 1.67 bits per heavy atom. The average molecular weight is 208 g/mol. The Balaban J connectivity index is 3.01. The summed E-state index contributed by atoms with van der Waals surface area (Å²) in [6, 6.07) is 0. The third-order valence-electron chi connectivity index (χ3n) is 1.78. The first-order chi connectivity index (χ1) is 6.82. The molecule has 0 unspecified atom stereocenters. The fourth-order valence-electron chi connectivity index (χ4n) is 0.956. The number of carboxylic acids is 1. The summed E-state index contributed by atoms with van der Waals surface area (Å²) in [6.07, 6.45) is 2.48. The molecular weight excluding hydrogens is 196 g/mol. The van der Waals surface area contributed by atoms with E-state index in [1.807, 2.05) is 20.8 Å². The van der Waals surface area contributed by atoms with Gasteiger partial charge in [0.05, 0.1) is 5.56 Å². The number of carboxylic acid groups (broad SMARTS) is 1. The van der Waals surface area contributed by atoms with Crippen LogP contribution in [-0.2, 0) is 10.2 Å². The molecule has 0 aliphatic carbocycles. The van der Waals surface area contributed by atoms with Crippen LogP contribution in [0.25, 0.3) is 0 Å². The molecule has 0 aliphatic rings. The largest absolute Gasteiger partial charge is 0.475 e. The number of carbonyl (C=O) groups is 2. The van der Waals surface area contributed by atoms with E-state index in [1.54, 1.807) is 0 Å². The van der Waals surface area contributed by atoms with Gasteiger partial charge in [0.1, 0.15) is 5.82 Å². The number of hydrogen-bond donors (Lipinski definition) is 1. The predicted octanol–water partition coefficient (Wildman–Crippen LogP) is 1.04. The van der Waals surface area contributed by atoms with E-state index >= 15 is 0 Å². The zero-order valence-corrected chi connectivity index (χ0v) is 8.81. The molecule has 0 fully saturated rings. The van der Waals surface area contributed by atoms with Crippen molar-refractivity contribution in [3.63, 3.8) is 0 Å². The monoisotopic (exact) mass is 208 g/mol. The highest BCUT2D eigenvalue weighted by Crippen LogP contribution is 2.17. The van der Waals surface area contributed by atoms with E-state index in [0.717, 1.165) is 0 Å². The Bertz CT molecular complexity index is 390. The lowest BCUT2D eigenvalue weighted by atomic mass is 9.96. The zero-order chi connectivity index (χ0) is 11.6. The summed E-state index contributed by atoms with van der Waals surface area (Å²) in [5.41, 5.74) is -0.222. The second-order valence-electron chi connectivity index (χ2n) is 4.18. The Morgan fingerprint density at radius 3 is 2.00 bits per heavy atom.